The zero-order chi connectivity index (χ0) is 13.4. The molecule has 0 atom stereocenters. The first-order valence-electron chi connectivity index (χ1n) is 6.95. The molecule has 0 aromatic carbocycles. The largest absolute Gasteiger partial charge is 0.490 e. The second kappa shape index (κ2) is 7.72. The number of ether oxygens (including phenoxy) is 1. The molecular weight excluding hydrogens is 244 g/mol. The average molecular weight is 270 g/mol. The van der Waals surface area contributed by atoms with Crippen molar-refractivity contribution in [2.75, 3.05) is 12.4 Å². The highest BCUT2D eigenvalue weighted by Crippen LogP contribution is 2.32. The van der Waals surface area contributed by atoms with Crippen LogP contribution in [-0.2, 0) is 6.54 Å². The van der Waals surface area contributed by atoms with E-state index < -0.39 is 0 Å². The van der Waals surface area contributed by atoms with Gasteiger partial charge in [0.15, 0.2) is 5.75 Å². The molecule has 1 aromatic rings. The number of aryl methyl sites for hydroxylation is 1. The van der Waals surface area contributed by atoms with Gasteiger partial charge in [-0.1, -0.05) is 26.7 Å². The fourth-order valence-corrected chi connectivity index (χ4v) is 2.77. The molecule has 4 heteroatoms. The van der Waals surface area contributed by atoms with E-state index in [0.717, 1.165) is 24.7 Å². The van der Waals surface area contributed by atoms with E-state index in [1.165, 1.54) is 25.7 Å². The van der Waals surface area contributed by atoms with E-state index in [0.29, 0.717) is 0 Å². The third kappa shape index (κ3) is 4.23. The first-order valence-corrected chi connectivity index (χ1v) is 7.59. The molecule has 18 heavy (non-hydrogen) atoms. The zero-order valence-electron chi connectivity index (χ0n) is 11.9. The van der Waals surface area contributed by atoms with Crippen molar-refractivity contribution in [1.29, 1.82) is 0 Å². The summed E-state index contributed by atoms with van der Waals surface area (Å²) in [4.78, 5) is 0. The van der Waals surface area contributed by atoms with Crippen LogP contribution in [0.2, 0.25) is 0 Å². The topological polar surface area (TPSA) is 27.1 Å². The van der Waals surface area contributed by atoms with Crippen molar-refractivity contribution in [3.05, 3.63) is 12.4 Å². The normalized spacial score (nSPS) is 11.8. The third-order valence-electron chi connectivity index (χ3n) is 3.37. The lowest BCUT2D eigenvalue weighted by molar-refractivity contribution is 0.143. The standard InChI is InChI=1S/C14H26N2OS/c1-4-7-14(12-18,8-5-2)11-17-13-9-15-16(6-3)10-13/h9-10,18H,4-8,11-12H2,1-3H3. The molecule has 3 nitrogen and oxygen atoms in total. The molecule has 0 N–H and O–H groups in total. The molecule has 1 rings (SSSR count). The minimum absolute atomic E-state index is 0.209. The Morgan fingerprint density at radius 2 is 1.94 bits per heavy atom. The summed E-state index contributed by atoms with van der Waals surface area (Å²) in [6.07, 6.45) is 8.46. The molecule has 0 amide bonds. The van der Waals surface area contributed by atoms with Gasteiger partial charge in [-0.3, -0.25) is 4.68 Å². The second-order valence-corrected chi connectivity index (χ2v) is 5.29. The van der Waals surface area contributed by atoms with Crippen LogP contribution in [0, 0.1) is 5.41 Å². The van der Waals surface area contributed by atoms with Gasteiger partial charge in [-0.25, -0.2) is 0 Å². The van der Waals surface area contributed by atoms with Crippen LogP contribution in [0.15, 0.2) is 12.4 Å². The maximum absolute atomic E-state index is 5.92. The Labute approximate surface area is 116 Å². The van der Waals surface area contributed by atoms with E-state index in [-0.39, 0.29) is 5.41 Å². The predicted octanol–water partition coefficient (Wildman–Crippen LogP) is 3.80. The number of thiol groups is 1. The maximum Gasteiger partial charge on any atom is 0.157 e. The second-order valence-electron chi connectivity index (χ2n) is 4.98. The summed E-state index contributed by atoms with van der Waals surface area (Å²) in [5, 5.41) is 4.23. The summed E-state index contributed by atoms with van der Waals surface area (Å²) in [5.41, 5.74) is 0.209. The Kier molecular flexibility index (Phi) is 6.61. The van der Waals surface area contributed by atoms with E-state index in [2.05, 4.69) is 38.5 Å². The molecule has 0 unspecified atom stereocenters. The Morgan fingerprint density at radius 3 is 2.39 bits per heavy atom. The summed E-state index contributed by atoms with van der Waals surface area (Å²) in [6, 6.07) is 0. The van der Waals surface area contributed by atoms with E-state index in [4.69, 9.17) is 4.74 Å². The van der Waals surface area contributed by atoms with Crippen LogP contribution in [-0.4, -0.2) is 22.1 Å². The summed E-state index contributed by atoms with van der Waals surface area (Å²) in [6.45, 7) is 8.15. The summed E-state index contributed by atoms with van der Waals surface area (Å²) >= 11 is 4.54. The third-order valence-corrected chi connectivity index (χ3v) is 4.05. The fraction of sp³-hybridized carbons (Fsp3) is 0.786. The lowest BCUT2D eigenvalue weighted by Crippen LogP contribution is -2.30. The average Bonchev–Trinajstić information content (AvgIpc) is 2.84. The van der Waals surface area contributed by atoms with Gasteiger partial charge in [0.1, 0.15) is 0 Å². The van der Waals surface area contributed by atoms with E-state index in [9.17, 15) is 0 Å². The zero-order valence-corrected chi connectivity index (χ0v) is 12.7. The Bertz CT molecular complexity index is 332. The number of nitrogens with zero attached hydrogens (tertiary/aromatic N) is 2. The molecule has 0 fully saturated rings. The minimum atomic E-state index is 0.209. The predicted molar refractivity (Wildman–Crippen MR) is 79.5 cm³/mol. The van der Waals surface area contributed by atoms with Gasteiger partial charge in [0.2, 0.25) is 0 Å². The molecule has 104 valence electrons. The number of aromatic nitrogens is 2. The van der Waals surface area contributed by atoms with Gasteiger partial charge in [-0.2, -0.15) is 17.7 Å². The molecule has 0 saturated heterocycles. The van der Waals surface area contributed by atoms with Crippen molar-refractivity contribution in [1.82, 2.24) is 9.78 Å². The highest BCUT2D eigenvalue weighted by molar-refractivity contribution is 7.80. The molecule has 0 aliphatic carbocycles. The summed E-state index contributed by atoms with van der Waals surface area (Å²) < 4.78 is 7.80. The van der Waals surface area contributed by atoms with Gasteiger partial charge in [0, 0.05) is 12.0 Å². The first kappa shape index (κ1) is 15.4. The van der Waals surface area contributed by atoms with Crippen molar-refractivity contribution in [2.24, 2.45) is 5.41 Å². The molecule has 0 spiro atoms. The van der Waals surface area contributed by atoms with Gasteiger partial charge in [-0.15, -0.1) is 0 Å². The quantitative estimate of drug-likeness (QED) is 0.691. The van der Waals surface area contributed by atoms with Crippen LogP contribution in [0.4, 0.5) is 0 Å². The van der Waals surface area contributed by atoms with E-state index >= 15 is 0 Å². The van der Waals surface area contributed by atoms with Gasteiger partial charge in [0.25, 0.3) is 0 Å². The van der Waals surface area contributed by atoms with Crippen LogP contribution in [0.25, 0.3) is 0 Å². The van der Waals surface area contributed by atoms with E-state index in [1.54, 1.807) is 6.20 Å². The molecule has 0 bridgehead atoms. The van der Waals surface area contributed by atoms with Crippen molar-refractivity contribution >= 4 is 12.6 Å². The van der Waals surface area contributed by atoms with Crippen LogP contribution >= 0.6 is 12.6 Å². The lowest BCUT2D eigenvalue weighted by Gasteiger charge is -2.31. The summed E-state index contributed by atoms with van der Waals surface area (Å²) in [7, 11) is 0. The van der Waals surface area contributed by atoms with Crippen molar-refractivity contribution in [2.45, 2.75) is 53.0 Å². The number of hydrogen-bond acceptors (Lipinski definition) is 3. The van der Waals surface area contributed by atoms with Crippen molar-refractivity contribution in [3.8, 4) is 5.75 Å². The van der Waals surface area contributed by atoms with E-state index in [1.807, 2.05) is 10.9 Å². The molecule has 0 aliphatic rings. The highest BCUT2D eigenvalue weighted by atomic mass is 32.1. The molecule has 0 aliphatic heterocycles. The molecular formula is C14H26N2OS. The minimum Gasteiger partial charge on any atom is -0.490 e. The number of rotatable bonds is 9. The van der Waals surface area contributed by atoms with Gasteiger partial charge >= 0.3 is 0 Å². The van der Waals surface area contributed by atoms with Crippen LogP contribution in [0.1, 0.15) is 46.5 Å². The molecule has 1 heterocycles. The van der Waals surface area contributed by atoms with Gasteiger partial charge < -0.3 is 4.74 Å². The van der Waals surface area contributed by atoms with Crippen molar-refractivity contribution in [3.63, 3.8) is 0 Å². The Hall–Kier alpha value is -0.640. The summed E-state index contributed by atoms with van der Waals surface area (Å²) in [5.74, 6) is 1.76. The Morgan fingerprint density at radius 1 is 1.28 bits per heavy atom. The van der Waals surface area contributed by atoms with Gasteiger partial charge in [-0.05, 0) is 25.5 Å². The smallest absolute Gasteiger partial charge is 0.157 e. The first-order chi connectivity index (χ1) is 8.69. The van der Waals surface area contributed by atoms with Gasteiger partial charge in [0.05, 0.1) is 19.0 Å². The van der Waals surface area contributed by atoms with Crippen LogP contribution in [0.5, 0.6) is 5.75 Å². The Balaban J connectivity index is 2.60. The maximum atomic E-state index is 5.92. The monoisotopic (exact) mass is 270 g/mol. The molecule has 1 aromatic heterocycles. The SMILES string of the molecule is CCCC(CS)(CCC)COc1cnn(CC)c1. The molecule has 0 radical (unpaired) electrons. The van der Waals surface area contributed by atoms with Crippen molar-refractivity contribution < 1.29 is 4.74 Å². The molecule has 0 saturated carbocycles. The number of hydrogen-bond donors (Lipinski definition) is 1. The fourth-order valence-electron chi connectivity index (χ4n) is 2.36. The lowest BCUT2D eigenvalue weighted by atomic mass is 9.82. The van der Waals surface area contributed by atoms with Crippen LogP contribution in [0.3, 0.4) is 0 Å². The highest BCUT2D eigenvalue weighted by Gasteiger charge is 2.28. The van der Waals surface area contributed by atoms with Crippen LogP contribution < -0.4 is 4.74 Å².